The van der Waals surface area contributed by atoms with E-state index in [1.54, 1.807) is 4.31 Å². The standard InChI is InChI=1S/C11H26N2O2S/c1-6-11(4)12-8-7-9-13(10(2)3)16(5,14)15/h10-12H,6-9H2,1-5H3. The highest BCUT2D eigenvalue weighted by molar-refractivity contribution is 7.88. The molecule has 1 N–H and O–H groups in total. The lowest BCUT2D eigenvalue weighted by atomic mass is 10.2. The van der Waals surface area contributed by atoms with Crippen molar-refractivity contribution in [1.82, 2.24) is 9.62 Å². The van der Waals surface area contributed by atoms with Gasteiger partial charge in [0.25, 0.3) is 0 Å². The predicted octanol–water partition coefficient (Wildman–Crippen LogP) is 1.43. The zero-order chi connectivity index (χ0) is 12.8. The van der Waals surface area contributed by atoms with Gasteiger partial charge in [-0.05, 0) is 40.2 Å². The molecule has 1 unspecified atom stereocenters. The number of sulfonamides is 1. The van der Waals surface area contributed by atoms with Gasteiger partial charge in [0.2, 0.25) is 10.0 Å². The number of rotatable bonds is 8. The van der Waals surface area contributed by atoms with E-state index in [9.17, 15) is 8.42 Å². The molecule has 98 valence electrons. The molecule has 16 heavy (non-hydrogen) atoms. The minimum atomic E-state index is -3.06. The minimum absolute atomic E-state index is 0.0404. The van der Waals surface area contributed by atoms with E-state index < -0.39 is 10.0 Å². The predicted molar refractivity (Wildman–Crippen MR) is 69.1 cm³/mol. The molecule has 0 aromatic carbocycles. The van der Waals surface area contributed by atoms with E-state index in [1.807, 2.05) is 13.8 Å². The van der Waals surface area contributed by atoms with Crippen LogP contribution >= 0.6 is 0 Å². The van der Waals surface area contributed by atoms with Crippen molar-refractivity contribution < 1.29 is 8.42 Å². The monoisotopic (exact) mass is 250 g/mol. The summed E-state index contributed by atoms with van der Waals surface area (Å²) in [7, 11) is -3.06. The molecule has 0 bridgehead atoms. The van der Waals surface area contributed by atoms with Crippen molar-refractivity contribution in [2.75, 3.05) is 19.3 Å². The molecule has 0 aliphatic rings. The molecule has 0 radical (unpaired) electrons. The zero-order valence-electron chi connectivity index (χ0n) is 11.2. The number of nitrogens with one attached hydrogen (secondary N) is 1. The van der Waals surface area contributed by atoms with Crippen LogP contribution in [-0.4, -0.2) is 44.2 Å². The van der Waals surface area contributed by atoms with Crippen molar-refractivity contribution in [3.05, 3.63) is 0 Å². The fourth-order valence-electron chi connectivity index (χ4n) is 1.53. The summed E-state index contributed by atoms with van der Waals surface area (Å²) >= 11 is 0. The van der Waals surface area contributed by atoms with Crippen LogP contribution < -0.4 is 5.32 Å². The van der Waals surface area contributed by atoms with Crippen molar-refractivity contribution in [3.63, 3.8) is 0 Å². The van der Waals surface area contributed by atoms with Crippen LogP contribution in [0.3, 0.4) is 0 Å². The quantitative estimate of drug-likeness (QED) is 0.663. The first-order valence-corrected chi connectivity index (χ1v) is 7.84. The van der Waals surface area contributed by atoms with Crippen LogP contribution in [0.4, 0.5) is 0 Å². The molecule has 0 amide bonds. The maximum absolute atomic E-state index is 11.5. The van der Waals surface area contributed by atoms with Crippen LogP contribution in [-0.2, 0) is 10.0 Å². The Kier molecular flexibility index (Phi) is 7.19. The van der Waals surface area contributed by atoms with E-state index in [-0.39, 0.29) is 6.04 Å². The van der Waals surface area contributed by atoms with Crippen molar-refractivity contribution in [2.45, 2.75) is 52.6 Å². The zero-order valence-corrected chi connectivity index (χ0v) is 12.0. The molecule has 0 saturated carbocycles. The second-order valence-corrected chi connectivity index (χ2v) is 6.52. The molecular formula is C11H26N2O2S. The average Bonchev–Trinajstić information content (AvgIpc) is 2.14. The van der Waals surface area contributed by atoms with Gasteiger partial charge in [-0.3, -0.25) is 0 Å². The van der Waals surface area contributed by atoms with E-state index in [0.29, 0.717) is 12.6 Å². The fourth-order valence-corrected chi connectivity index (χ4v) is 2.76. The smallest absolute Gasteiger partial charge is 0.211 e. The van der Waals surface area contributed by atoms with Crippen LogP contribution in [0.5, 0.6) is 0 Å². The van der Waals surface area contributed by atoms with Gasteiger partial charge in [-0.25, -0.2) is 8.42 Å². The molecule has 0 spiro atoms. The van der Waals surface area contributed by atoms with Crippen molar-refractivity contribution in [3.8, 4) is 0 Å². The van der Waals surface area contributed by atoms with Gasteiger partial charge in [-0.15, -0.1) is 0 Å². The maximum Gasteiger partial charge on any atom is 0.211 e. The summed E-state index contributed by atoms with van der Waals surface area (Å²) in [5, 5.41) is 3.36. The molecule has 0 heterocycles. The average molecular weight is 250 g/mol. The highest BCUT2D eigenvalue weighted by Crippen LogP contribution is 2.05. The fraction of sp³-hybridized carbons (Fsp3) is 1.00. The highest BCUT2D eigenvalue weighted by Gasteiger charge is 2.18. The first-order chi connectivity index (χ1) is 7.29. The Morgan fingerprint density at radius 2 is 1.81 bits per heavy atom. The van der Waals surface area contributed by atoms with E-state index >= 15 is 0 Å². The van der Waals surface area contributed by atoms with Crippen molar-refractivity contribution in [1.29, 1.82) is 0 Å². The summed E-state index contributed by atoms with van der Waals surface area (Å²) in [6.45, 7) is 9.55. The number of nitrogens with zero attached hydrogens (tertiary/aromatic N) is 1. The van der Waals surface area contributed by atoms with Crippen LogP contribution in [0.2, 0.25) is 0 Å². The third-order valence-corrected chi connectivity index (χ3v) is 4.12. The van der Waals surface area contributed by atoms with Crippen molar-refractivity contribution in [2.24, 2.45) is 0 Å². The molecule has 4 nitrogen and oxygen atoms in total. The lowest BCUT2D eigenvalue weighted by Gasteiger charge is -2.24. The first-order valence-electron chi connectivity index (χ1n) is 5.99. The van der Waals surface area contributed by atoms with Gasteiger partial charge in [0.15, 0.2) is 0 Å². The van der Waals surface area contributed by atoms with Gasteiger partial charge in [0.05, 0.1) is 6.26 Å². The van der Waals surface area contributed by atoms with Crippen LogP contribution in [0.15, 0.2) is 0 Å². The Bertz CT molecular complexity index is 276. The molecule has 1 atom stereocenters. The van der Waals surface area contributed by atoms with E-state index in [2.05, 4.69) is 19.2 Å². The third kappa shape index (κ3) is 6.45. The Hall–Kier alpha value is -0.130. The molecular weight excluding hydrogens is 224 g/mol. The molecule has 0 aliphatic carbocycles. The summed E-state index contributed by atoms with van der Waals surface area (Å²) in [6.07, 6.45) is 3.23. The second kappa shape index (κ2) is 7.25. The van der Waals surface area contributed by atoms with Crippen LogP contribution in [0.1, 0.15) is 40.5 Å². The summed E-state index contributed by atoms with van der Waals surface area (Å²) in [6, 6.07) is 0.546. The molecule has 5 heteroatoms. The number of hydrogen-bond acceptors (Lipinski definition) is 3. The minimum Gasteiger partial charge on any atom is -0.314 e. The molecule has 0 aromatic rings. The Morgan fingerprint density at radius 1 is 1.25 bits per heavy atom. The molecule has 0 saturated heterocycles. The van der Waals surface area contributed by atoms with Crippen molar-refractivity contribution >= 4 is 10.0 Å². The molecule has 0 aromatic heterocycles. The van der Waals surface area contributed by atoms with Crippen LogP contribution in [0, 0.1) is 0 Å². The van der Waals surface area contributed by atoms with Gasteiger partial charge in [0.1, 0.15) is 0 Å². The summed E-state index contributed by atoms with van der Waals surface area (Å²) < 4.78 is 24.5. The SMILES string of the molecule is CCC(C)NCCCN(C(C)C)S(C)(=O)=O. The van der Waals surface area contributed by atoms with E-state index in [4.69, 9.17) is 0 Å². The van der Waals surface area contributed by atoms with Gasteiger partial charge in [-0.2, -0.15) is 4.31 Å². The maximum atomic E-state index is 11.5. The first kappa shape index (κ1) is 15.9. The van der Waals surface area contributed by atoms with Gasteiger partial charge in [0, 0.05) is 18.6 Å². The van der Waals surface area contributed by atoms with E-state index in [1.165, 1.54) is 6.26 Å². The largest absolute Gasteiger partial charge is 0.314 e. The molecule has 0 rings (SSSR count). The van der Waals surface area contributed by atoms with Gasteiger partial charge >= 0.3 is 0 Å². The summed E-state index contributed by atoms with van der Waals surface area (Å²) in [4.78, 5) is 0. The Labute approximate surface area is 100 Å². The summed E-state index contributed by atoms with van der Waals surface area (Å²) in [5.74, 6) is 0. The summed E-state index contributed by atoms with van der Waals surface area (Å²) in [5.41, 5.74) is 0. The topological polar surface area (TPSA) is 49.4 Å². The third-order valence-electron chi connectivity index (χ3n) is 2.66. The van der Waals surface area contributed by atoms with Gasteiger partial charge < -0.3 is 5.32 Å². The Balaban J connectivity index is 3.97. The molecule has 0 fully saturated rings. The second-order valence-electron chi connectivity index (χ2n) is 4.58. The lowest BCUT2D eigenvalue weighted by Crippen LogP contribution is -2.38. The normalized spacial score (nSPS) is 14.7. The highest BCUT2D eigenvalue weighted by atomic mass is 32.2. The van der Waals surface area contributed by atoms with E-state index in [0.717, 1.165) is 19.4 Å². The van der Waals surface area contributed by atoms with Gasteiger partial charge in [-0.1, -0.05) is 6.92 Å². The van der Waals surface area contributed by atoms with Crippen LogP contribution in [0.25, 0.3) is 0 Å². The molecule has 0 aliphatic heterocycles. The number of hydrogen-bond donors (Lipinski definition) is 1. The Morgan fingerprint density at radius 3 is 2.19 bits per heavy atom. The lowest BCUT2D eigenvalue weighted by molar-refractivity contribution is 0.346.